The molecule has 0 N–H and O–H groups in total. The molecule has 0 bridgehead atoms. The number of carbonyl (C=O) groups excluding carboxylic acids is 1. The Morgan fingerprint density at radius 1 is 1.52 bits per heavy atom. The van der Waals surface area contributed by atoms with Gasteiger partial charge in [0.25, 0.3) is 0 Å². The summed E-state index contributed by atoms with van der Waals surface area (Å²) in [6.07, 6.45) is -2.48. The molecule has 5 nitrogen and oxygen atoms in total. The van der Waals surface area contributed by atoms with Crippen LogP contribution < -0.4 is 0 Å². The van der Waals surface area contributed by atoms with Crippen molar-refractivity contribution in [3.63, 3.8) is 0 Å². The van der Waals surface area contributed by atoms with Crippen LogP contribution in [0.1, 0.15) is 10.5 Å². The fourth-order valence-electron chi connectivity index (χ4n) is 1.40. The molecule has 21 heavy (non-hydrogen) atoms. The van der Waals surface area contributed by atoms with E-state index in [4.69, 9.17) is 4.74 Å². The highest BCUT2D eigenvalue weighted by Gasteiger charge is 2.41. The molecule has 0 fully saturated rings. The number of ether oxygens (including phenoxy) is 2. The molecule has 10 heteroatoms. The maximum atomic E-state index is 12.6. The highest BCUT2D eigenvalue weighted by atomic mass is 79.9. The summed E-state index contributed by atoms with van der Waals surface area (Å²) in [5, 5.41) is 3.90. The van der Waals surface area contributed by atoms with Gasteiger partial charge >= 0.3 is 12.3 Å². The molecule has 0 aliphatic rings. The van der Waals surface area contributed by atoms with Gasteiger partial charge in [0, 0.05) is 7.11 Å². The van der Waals surface area contributed by atoms with Gasteiger partial charge in [0.1, 0.15) is 18.9 Å². The number of aromatic nitrogens is 2. The molecule has 1 aromatic rings. The van der Waals surface area contributed by atoms with E-state index in [2.05, 4.69) is 25.8 Å². The number of rotatable bonds is 9. The molecule has 0 spiro atoms. The minimum Gasteiger partial charge on any atom is -0.383 e. The second-order valence-corrected chi connectivity index (χ2v) is 4.89. The van der Waals surface area contributed by atoms with Gasteiger partial charge in [0.05, 0.1) is 23.8 Å². The summed E-state index contributed by atoms with van der Waals surface area (Å²) in [5.74, 6) is -4.94. The highest BCUT2D eigenvalue weighted by molar-refractivity contribution is 9.10. The third kappa shape index (κ3) is 5.04. The van der Waals surface area contributed by atoms with Gasteiger partial charge in [-0.2, -0.15) is 13.9 Å². The van der Waals surface area contributed by atoms with Gasteiger partial charge in [0.2, 0.25) is 5.78 Å². The average molecular weight is 377 g/mol. The summed E-state index contributed by atoms with van der Waals surface area (Å²) >= 11 is 3.10. The Labute approximate surface area is 126 Å². The molecule has 1 aromatic heterocycles. The van der Waals surface area contributed by atoms with Crippen molar-refractivity contribution in [3.8, 4) is 0 Å². The van der Waals surface area contributed by atoms with Crippen molar-refractivity contribution in [3.05, 3.63) is 16.4 Å². The zero-order valence-corrected chi connectivity index (χ0v) is 12.6. The molecule has 0 saturated heterocycles. The lowest BCUT2D eigenvalue weighted by atomic mass is 10.3. The van der Waals surface area contributed by atoms with E-state index in [-0.39, 0.29) is 12.2 Å². The summed E-state index contributed by atoms with van der Waals surface area (Å²) in [4.78, 5) is 11.9. The predicted molar refractivity (Wildman–Crippen MR) is 67.9 cm³/mol. The van der Waals surface area contributed by atoms with E-state index < -0.39 is 31.3 Å². The normalized spacial score (nSPS) is 12.1. The first-order valence-electron chi connectivity index (χ1n) is 5.76. The predicted octanol–water partition coefficient (Wildman–Crippen LogP) is 2.39. The van der Waals surface area contributed by atoms with Crippen LogP contribution in [0.25, 0.3) is 0 Å². The molecule has 1 heterocycles. The van der Waals surface area contributed by atoms with E-state index in [1.165, 1.54) is 18.0 Å². The van der Waals surface area contributed by atoms with Crippen molar-refractivity contribution in [2.45, 2.75) is 18.9 Å². The minimum absolute atomic E-state index is 0.104. The van der Waals surface area contributed by atoms with E-state index >= 15 is 0 Å². The van der Waals surface area contributed by atoms with Crippen molar-refractivity contribution in [2.75, 3.05) is 26.9 Å². The van der Waals surface area contributed by atoms with Crippen LogP contribution >= 0.6 is 15.9 Å². The largest absolute Gasteiger partial charge is 0.383 e. The van der Waals surface area contributed by atoms with E-state index in [1.54, 1.807) is 0 Å². The SMILES string of the molecule is COCCn1ncc(Br)c1C(=O)COCC(F)(F)C(F)F. The zero-order chi connectivity index (χ0) is 16.0. The highest BCUT2D eigenvalue weighted by Crippen LogP contribution is 2.23. The monoisotopic (exact) mass is 376 g/mol. The summed E-state index contributed by atoms with van der Waals surface area (Å²) < 4.78 is 60.0. The van der Waals surface area contributed by atoms with Gasteiger partial charge in [-0.3, -0.25) is 9.48 Å². The lowest BCUT2D eigenvalue weighted by molar-refractivity contribution is -0.163. The molecular weight excluding hydrogens is 364 g/mol. The molecule has 0 amide bonds. The number of Topliss-reactive ketones (excluding diaryl/α,β-unsaturated/α-hetero) is 1. The lowest BCUT2D eigenvalue weighted by Crippen LogP contribution is -2.33. The number of hydrogen-bond donors (Lipinski definition) is 0. The fourth-order valence-corrected chi connectivity index (χ4v) is 1.92. The summed E-state index contributed by atoms with van der Waals surface area (Å²) in [6.45, 7) is -1.71. The molecule has 0 unspecified atom stereocenters. The zero-order valence-electron chi connectivity index (χ0n) is 11.0. The smallest absolute Gasteiger partial charge is 0.330 e. The fraction of sp³-hybridized carbons (Fsp3) is 0.636. The van der Waals surface area contributed by atoms with Gasteiger partial charge < -0.3 is 9.47 Å². The molecule has 1 rings (SSSR count). The van der Waals surface area contributed by atoms with E-state index in [0.29, 0.717) is 11.1 Å². The number of carbonyl (C=O) groups is 1. The van der Waals surface area contributed by atoms with Gasteiger partial charge in [0.15, 0.2) is 0 Å². The van der Waals surface area contributed by atoms with Crippen molar-refractivity contribution in [2.24, 2.45) is 0 Å². The molecule has 120 valence electrons. The molecule has 0 aliphatic carbocycles. The first-order valence-corrected chi connectivity index (χ1v) is 6.56. The first kappa shape index (κ1) is 18.1. The van der Waals surface area contributed by atoms with E-state index in [0.717, 1.165) is 0 Å². The summed E-state index contributed by atoms with van der Waals surface area (Å²) in [6, 6.07) is 0. The Morgan fingerprint density at radius 3 is 2.76 bits per heavy atom. The number of nitrogens with zero attached hydrogens (tertiary/aromatic N) is 2. The van der Waals surface area contributed by atoms with Crippen LogP contribution in [0.4, 0.5) is 17.6 Å². The maximum absolute atomic E-state index is 12.6. The minimum atomic E-state index is -4.28. The number of methoxy groups -OCH3 is 1. The number of ketones is 1. The molecule has 0 atom stereocenters. The summed E-state index contributed by atoms with van der Waals surface area (Å²) in [5.41, 5.74) is 0.104. The molecule has 0 radical (unpaired) electrons. The van der Waals surface area contributed by atoms with Gasteiger partial charge in [-0.15, -0.1) is 0 Å². The van der Waals surface area contributed by atoms with Crippen LogP contribution in [0.15, 0.2) is 10.7 Å². The van der Waals surface area contributed by atoms with Gasteiger partial charge in [-0.1, -0.05) is 0 Å². The first-order chi connectivity index (χ1) is 9.79. The van der Waals surface area contributed by atoms with Crippen molar-refractivity contribution in [1.29, 1.82) is 0 Å². The van der Waals surface area contributed by atoms with E-state index in [1.807, 2.05) is 0 Å². The Kier molecular flexibility index (Phi) is 6.75. The Morgan fingerprint density at radius 2 is 2.19 bits per heavy atom. The van der Waals surface area contributed by atoms with Gasteiger partial charge in [-0.05, 0) is 15.9 Å². The average Bonchev–Trinajstić information content (AvgIpc) is 2.77. The van der Waals surface area contributed by atoms with Crippen LogP contribution in [-0.2, 0) is 16.0 Å². The van der Waals surface area contributed by atoms with Crippen LogP contribution in [0.5, 0.6) is 0 Å². The van der Waals surface area contributed by atoms with Crippen LogP contribution in [0, 0.1) is 0 Å². The Balaban J connectivity index is 2.62. The molecular formula is C11H13BrF4N2O3. The molecule has 0 saturated carbocycles. The quantitative estimate of drug-likeness (QED) is 0.490. The van der Waals surface area contributed by atoms with Crippen molar-refractivity contribution < 1.29 is 31.8 Å². The third-order valence-corrected chi connectivity index (χ3v) is 2.99. The van der Waals surface area contributed by atoms with E-state index in [9.17, 15) is 22.4 Å². The lowest BCUT2D eigenvalue weighted by Gasteiger charge is -2.15. The Bertz CT molecular complexity index is 482. The third-order valence-electron chi connectivity index (χ3n) is 2.41. The standard InChI is InChI=1S/C11H13BrF4N2O3/c1-20-3-2-18-9(7(12)4-17-18)8(19)5-21-6-11(15,16)10(13)14/h4,10H,2-3,5-6H2,1H3. The molecule has 0 aliphatic heterocycles. The molecule has 0 aromatic carbocycles. The van der Waals surface area contributed by atoms with Crippen molar-refractivity contribution in [1.82, 2.24) is 9.78 Å². The summed E-state index contributed by atoms with van der Waals surface area (Å²) in [7, 11) is 1.47. The second-order valence-electron chi connectivity index (χ2n) is 4.03. The van der Waals surface area contributed by atoms with Gasteiger partial charge in [-0.25, -0.2) is 8.78 Å². The second kappa shape index (κ2) is 7.85. The number of hydrogen-bond acceptors (Lipinski definition) is 4. The number of alkyl halides is 4. The van der Waals surface area contributed by atoms with Crippen LogP contribution in [-0.4, -0.2) is 54.8 Å². The van der Waals surface area contributed by atoms with Crippen LogP contribution in [0.2, 0.25) is 0 Å². The topological polar surface area (TPSA) is 53.4 Å². The Hall–Kier alpha value is -1.00. The number of halogens is 5. The maximum Gasteiger partial charge on any atom is 0.330 e. The van der Waals surface area contributed by atoms with Crippen LogP contribution in [0.3, 0.4) is 0 Å². The van der Waals surface area contributed by atoms with Crippen molar-refractivity contribution >= 4 is 21.7 Å².